The number of esters is 2. The van der Waals surface area contributed by atoms with Crippen LogP contribution < -0.4 is 4.90 Å². The van der Waals surface area contributed by atoms with Gasteiger partial charge < -0.3 is 19.1 Å². The zero-order chi connectivity index (χ0) is 29.2. The summed E-state index contributed by atoms with van der Waals surface area (Å²) in [7, 11) is 0. The number of ether oxygens (including phenoxy) is 3. The molecule has 0 aliphatic heterocycles. The third kappa shape index (κ3) is 7.81. The molecule has 0 saturated heterocycles. The van der Waals surface area contributed by atoms with Crippen molar-refractivity contribution in [3.8, 4) is 11.1 Å². The molecule has 0 aliphatic rings. The Hall–Kier alpha value is -4.94. The Labute approximate surface area is 241 Å². The largest absolute Gasteiger partial charge is 0.458 e. The molecule has 0 atom stereocenters. The van der Waals surface area contributed by atoms with Gasteiger partial charge in [0.15, 0.2) is 6.79 Å². The topological polar surface area (TPSA) is 65.1 Å². The minimum absolute atomic E-state index is 0.139. The van der Waals surface area contributed by atoms with Crippen molar-refractivity contribution in [2.24, 2.45) is 0 Å². The molecule has 0 amide bonds. The molecule has 0 spiro atoms. The maximum absolute atomic E-state index is 11.5. The number of carbonyl (C=O) groups is 2. The lowest BCUT2D eigenvalue weighted by Crippen LogP contribution is -2.10. The van der Waals surface area contributed by atoms with Gasteiger partial charge in [-0.1, -0.05) is 67.8 Å². The van der Waals surface area contributed by atoms with Crippen LogP contribution in [0.1, 0.15) is 22.3 Å². The third-order valence-electron chi connectivity index (χ3n) is 6.62. The number of hydrogen-bond acceptors (Lipinski definition) is 6. The second-order valence-electron chi connectivity index (χ2n) is 9.46. The fourth-order valence-corrected chi connectivity index (χ4v) is 4.19. The van der Waals surface area contributed by atoms with Crippen molar-refractivity contribution in [1.82, 2.24) is 0 Å². The Morgan fingerprint density at radius 1 is 0.634 bits per heavy atom. The highest BCUT2D eigenvalue weighted by atomic mass is 16.7. The summed E-state index contributed by atoms with van der Waals surface area (Å²) in [6.45, 7) is 11.4. The minimum Gasteiger partial charge on any atom is -0.458 e. The van der Waals surface area contributed by atoms with Crippen molar-refractivity contribution in [2.45, 2.75) is 27.1 Å². The highest BCUT2D eigenvalue weighted by Gasteiger charge is 2.14. The van der Waals surface area contributed by atoms with E-state index in [1.165, 1.54) is 16.7 Å². The van der Waals surface area contributed by atoms with Gasteiger partial charge in [0, 0.05) is 29.2 Å². The van der Waals surface area contributed by atoms with Gasteiger partial charge in [-0.25, -0.2) is 9.59 Å². The summed E-state index contributed by atoms with van der Waals surface area (Å²) in [6, 6.07) is 30.8. The molecule has 4 aromatic carbocycles. The first-order valence-electron chi connectivity index (χ1n) is 13.2. The molecule has 0 radical (unpaired) electrons. The molecule has 41 heavy (non-hydrogen) atoms. The van der Waals surface area contributed by atoms with Crippen LogP contribution >= 0.6 is 0 Å². The molecular weight excluding hydrogens is 514 g/mol. The van der Waals surface area contributed by atoms with Crippen LogP contribution in [0.15, 0.2) is 116 Å². The molecule has 0 aliphatic carbocycles. The molecule has 208 valence electrons. The van der Waals surface area contributed by atoms with Gasteiger partial charge in [0.1, 0.15) is 6.61 Å². The van der Waals surface area contributed by atoms with Gasteiger partial charge in [0.2, 0.25) is 0 Å². The van der Waals surface area contributed by atoms with Crippen LogP contribution in [0.4, 0.5) is 17.1 Å². The number of rotatable bonds is 12. The normalized spacial score (nSPS) is 10.5. The summed E-state index contributed by atoms with van der Waals surface area (Å²) in [5.41, 5.74) is 9.55. The zero-order valence-corrected chi connectivity index (χ0v) is 23.3. The SMILES string of the molecule is C=CC(=O)OCOCc1ccc(N(c2ccc(COC(=O)C=C)cc2)c2ccc(-c3ccc(C)c(C)c3)cc2)cc1. The van der Waals surface area contributed by atoms with E-state index in [0.29, 0.717) is 6.61 Å². The zero-order valence-electron chi connectivity index (χ0n) is 23.3. The fraction of sp³-hybridized carbons (Fsp3) is 0.143. The van der Waals surface area contributed by atoms with Crippen LogP contribution in [0.3, 0.4) is 0 Å². The Kier molecular flexibility index (Phi) is 9.86. The number of aryl methyl sites for hydroxylation is 2. The molecule has 0 unspecified atom stereocenters. The second kappa shape index (κ2) is 13.9. The van der Waals surface area contributed by atoms with Crippen molar-refractivity contribution in [3.63, 3.8) is 0 Å². The summed E-state index contributed by atoms with van der Waals surface area (Å²) in [4.78, 5) is 24.8. The molecule has 0 aromatic heterocycles. The molecule has 6 nitrogen and oxygen atoms in total. The quantitative estimate of drug-likeness (QED) is 0.0778. The Morgan fingerprint density at radius 3 is 1.66 bits per heavy atom. The predicted molar refractivity (Wildman–Crippen MR) is 162 cm³/mol. The smallest absolute Gasteiger partial charge is 0.332 e. The van der Waals surface area contributed by atoms with Gasteiger partial charge in [-0.15, -0.1) is 0 Å². The highest BCUT2D eigenvalue weighted by molar-refractivity contribution is 5.81. The van der Waals surface area contributed by atoms with E-state index < -0.39 is 11.9 Å². The van der Waals surface area contributed by atoms with Crippen molar-refractivity contribution in [1.29, 1.82) is 0 Å². The monoisotopic (exact) mass is 547 g/mol. The van der Waals surface area contributed by atoms with Crippen LogP contribution in [-0.4, -0.2) is 18.7 Å². The molecule has 4 aromatic rings. The molecule has 0 bridgehead atoms. The van der Waals surface area contributed by atoms with Crippen LogP contribution in [0, 0.1) is 13.8 Å². The molecule has 0 fully saturated rings. The number of anilines is 3. The number of hydrogen-bond donors (Lipinski definition) is 0. The Bertz CT molecular complexity index is 1510. The molecule has 0 saturated carbocycles. The standard InChI is InChI=1S/C35H33NO5/c1-5-34(37)40-23-28-10-17-32(18-11-28)36(31-15-8-27(9-16-31)22-39-24-41-35(38)6-2)33-19-13-29(14-20-33)30-12-7-25(3)26(4)21-30/h5-21H,1-2,22-24H2,3-4H3. The average Bonchev–Trinajstić information content (AvgIpc) is 3.01. The first-order valence-corrected chi connectivity index (χ1v) is 13.2. The molecule has 6 heteroatoms. The minimum atomic E-state index is -0.524. The lowest BCUT2D eigenvalue weighted by Gasteiger charge is -2.26. The van der Waals surface area contributed by atoms with E-state index in [-0.39, 0.29) is 13.4 Å². The molecular formula is C35H33NO5. The van der Waals surface area contributed by atoms with Gasteiger partial charge in [0.05, 0.1) is 6.61 Å². The average molecular weight is 548 g/mol. The van der Waals surface area contributed by atoms with Gasteiger partial charge in [0.25, 0.3) is 0 Å². The predicted octanol–water partition coefficient (Wildman–Crippen LogP) is 7.87. The number of nitrogens with zero attached hydrogens (tertiary/aromatic N) is 1. The molecule has 0 heterocycles. The van der Waals surface area contributed by atoms with E-state index in [1.807, 2.05) is 48.5 Å². The van der Waals surface area contributed by atoms with Gasteiger partial charge in [-0.05, 0) is 83.6 Å². The third-order valence-corrected chi connectivity index (χ3v) is 6.62. The van der Waals surface area contributed by atoms with E-state index in [0.717, 1.165) is 45.9 Å². The first-order chi connectivity index (χ1) is 19.9. The van der Waals surface area contributed by atoms with Gasteiger partial charge in [-0.3, -0.25) is 0 Å². The van der Waals surface area contributed by atoms with Crippen molar-refractivity contribution in [2.75, 3.05) is 11.7 Å². The summed E-state index contributed by atoms with van der Waals surface area (Å²) < 4.78 is 15.5. The molecule has 0 N–H and O–H groups in total. The van der Waals surface area contributed by atoms with Crippen molar-refractivity contribution in [3.05, 3.63) is 139 Å². The van der Waals surface area contributed by atoms with E-state index in [9.17, 15) is 9.59 Å². The summed E-state index contributed by atoms with van der Waals surface area (Å²) >= 11 is 0. The van der Waals surface area contributed by atoms with Crippen molar-refractivity contribution < 1.29 is 23.8 Å². The Balaban J connectivity index is 1.59. The summed E-state index contributed by atoms with van der Waals surface area (Å²) in [5.74, 6) is -0.980. The van der Waals surface area contributed by atoms with Crippen LogP contribution in [0.25, 0.3) is 11.1 Å². The maximum atomic E-state index is 11.5. The lowest BCUT2D eigenvalue weighted by molar-refractivity contribution is -0.151. The molecule has 4 rings (SSSR count). The van der Waals surface area contributed by atoms with E-state index in [4.69, 9.17) is 14.2 Å². The van der Waals surface area contributed by atoms with Gasteiger partial charge in [-0.2, -0.15) is 0 Å². The number of benzene rings is 4. The summed E-state index contributed by atoms with van der Waals surface area (Å²) in [5, 5.41) is 0. The van der Waals surface area contributed by atoms with E-state index in [2.05, 4.69) is 74.4 Å². The highest BCUT2D eigenvalue weighted by Crippen LogP contribution is 2.36. The van der Waals surface area contributed by atoms with Crippen LogP contribution in [-0.2, 0) is 37.0 Å². The van der Waals surface area contributed by atoms with Gasteiger partial charge >= 0.3 is 11.9 Å². The van der Waals surface area contributed by atoms with E-state index >= 15 is 0 Å². The van der Waals surface area contributed by atoms with E-state index in [1.54, 1.807) is 0 Å². The second-order valence-corrected chi connectivity index (χ2v) is 9.46. The van der Waals surface area contributed by atoms with Crippen molar-refractivity contribution >= 4 is 29.0 Å². The number of carbonyl (C=O) groups excluding carboxylic acids is 2. The maximum Gasteiger partial charge on any atom is 0.332 e. The fourth-order valence-electron chi connectivity index (χ4n) is 4.19. The van der Waals surface area contributed by atoms with Crippen LogP contribution in [0.2, 0.25) is 0 Å². The first kappa shape index (κ1) is 29.1. The summed E-state index contributed by atoms with van der Waals surface area (Å²) in [6.07, 6.45) is 2.25. The lowest BCUT2D eigenvalue weighted by atomic mass is 10.00. The Morgan fingerprint density at radius 2 is 1.12 bits per heavy atom. The van der Waals surface area contributed by atoms with Crippen LogP contribution in [0.5, 0.6) is 0 Å².